The number of carbonyl (C=O) groups is 1. The van der Waals surface area contributed by atoms with Gasteiger partial charge in [0.15, 0.2) is 0 Å². The van der Waals surface area contributed by atoms with Gasteiger partial charge in [0, 0.05) is 26.7 Å². The fourth-order valence-electron chi connectivity index (χ4n) is 4.21. The van der Waals surface area contributed by atoms with E-state index in [0.29, 0.717) is 25.0 Å². The van der Waals surface area contributed by atoms with E-state index < -0.39 is 23.5 Å². The molecule has 1 saturated heterocycles. The van der Waals surface area contributed by atoms with E-state index in [2.05, 4.69) is 10.3 Å². The molecular weight excluding hydrogens is 432 g/mol. The summed E-state index contributed by atoms with van der Waals surface area (Å²) >= 11 is 1.04. The van der Waals surface area contributed by atoms with Crippen LogP contribution in [0.4, 0.5) is 31.1 Å². The van der Waals surface area contributed by atoms with Gasteiger partial charge in [0.1, 0.15) is 5.84 Å². The van der Waals surface area contributed by atoms with Crippen LogP contribution >= 0.6 is 11.8 Å². The van der Waals surface area contributed by atoms with Gasteiger partial charge in [-0.15, -0.1) is 0 Å². The summed E-state index contributed by atoms with van der Waals surface area (Å²) in [5, 5.41) is 2.57. The van der Waals surface area contributed by atoms with Crippen molar-refractivity contribution in [3.63, 3.8) is 0 Å². The maximum Gasteiger partial charge on any atom is 0.416 e. The van der Waals surface area contributed by atoms with Crippen molar-refractivity contribution in [1.29, 1.82) is 0 Å². The van der Waals surface area contributed by atoms with Crippen molar-refractivity contribution in [3.05, 3.63) is 45.9 Å². The average Bonchev–Trinajstić information content (AvgIpc) is 2.97. The number of benzene rings is 1. The fraction of sp³-hybridized carbons (Fsp3) is 0.474. The number of aliphatic imine (C=N–C) groups is 1. The van der Waals surface area contributed by atoms with Crippen molar-refractivity contribution >= 4 is 22.8 Å². The molecule has 1 saturated carbocycles. The lowest BCUT2D eigenvalue weighted by Gasteiger charge is -2.22. The average molecular weight is 449 g/mol. The first-order valence-electron chi connectivity index (χ1n) is 9.17. The topological polar surface area (TPSA) is 44.7 Å². The van der Waals surface area contributed by atoms with Crippen LogP contribution < -0.4 is 5.32 Å². The minimum absolute atomic E-state index is 0.0558. The molecule has 162 valence electrons. The molecule has 2 fully saturated rings. The number of halogens is 6. The van der Waals surface area contributed by atoms with Gasteiger partial charge >= 0.3 is 17.6 Å². The van der Waals surface area contributed by atoms with Crippen LogP contribution in [0.3, 0.4) is 0 Å². The summed E-state index contributed by atoms with van der Waals surface area (Å²) in [5.74, 6) is 1.26. The summed E-state index contributed by atoms with van der Waals surface area (Å²) in [6.07, 6.45) is -7.71. The molecule has 0 aromatic heterocycles. The molecular formula is C19H17F6N3OS. The number of allylic oxidation sites excluding steroid dienone is 1. The number of thioether (sulfide) groups is 1. The van der Waals surface area contributed by atoms with E-state index in [0.717, 1.165) is 22.7 Å². The summed E-state index contributed by atoms with van der Waals surface area (Å²) in [5.41, 5.74) is -2.71. The highest BCUT2D eigenvalue weighted by atomic mass is 32.2. The Morgan fingerprint density at radius 2 is 1.83 bits per heavy atom. The van der Waals surface area contributed by atoms with Crippen LogP contribution in [0.15, 0.2) is 34.2 Å². The Morgan fingerprint density at radius 3 is 2.40 bits per heavy atom. The van der Waals surface area contributed by atoms with Crippen LogP contribution in [-0.4, -0.2) is 36.1 Å². The number of fused-ring (bicyclic) bond motifs is 1. The zero-order valence-electron chi connectivity index (χ0n) is 15.6. The third kappa shape index (κ3) is 4.09. The number of nitrogens with zero attached hydrogens (tertiary/aromatic N) is 2. The number of hydrogen-bond acceptors (Lipinski definition) is 4. The predicted octanol–water partition coefficient (Wildman–Crippen LogP) is 4.77. The molecule has 2 aliphatic heterocycles. The number of amides is 1. The monoisotopic (exact) mass is 449 g/mol. The molecule has 3 aliphatic rings. The highest BCUT2D eigenvalue weighted by Gasteiger charge is 2.54. The van der Waals surface area contributed by atoms with Crippen molar-refractivity contribution in [3.8, 4) is 0 Å². The molecule has 1 aliphatic carbocycles. The predicted molar refractivity (Wildman–Crippen MR) is 99.8 cm³/mol. The Hall–Kier alpha value is -2.01. The molecule has 4 rings (SSSR count). The Bertz CT molecular complexity index is 927. The highest BCUT2D eigenvalue weighted by molar-refractivity contribution is 8.18. The van der Waals surface area contributed by atoms with Crippen LogP contribution in [0.2, 0.25) is 0 Å². The number of likely N-dealkylation sites (tertiary alicyclic amines) is 1. The molecule has 2 heterocycles. The molecule has 3 atom stereocenters. The van der Waals surface area contributed by atoms with Crippen molar-refractivity contribution in [2.75, 3.05) is 20.1 Å². The zero-order chi connectivity index (χ0) is 21.8. The van der Waals surface area contributed by atoms with Gasteiger partial charge in [0.2, 0.25) is 0 Å². The zero-order valence-corrected chi connectivity index (χ0v) is 16.5. The van der Waals surface area contributed by atoms with Crippen LogP contribution in [0.1, 0.15) is 16.7 Å². The number of carbonyl (C=O) groups excluding carboxylic acids is 1. The largest absolute Gasteiger partial charge is 0.416 e. The van der Waals surface area contributed by atoms with E-state index in [9.17, 15) is 31.1 Å². The molecule has 4 nitrogen and oxygen atoms in total. The molecule has 0 bridgehead atoms. The first-order chi connectivity index (χ1) is 14.0. The second kappa shape index (κ2) is 7.30. The molecule has 0 unspecified atom stereocenters. The van der Waals surface area contributed by atoms with E-state index >= 15 is 0 Å². The highest BCUT2D eigenvalue weighted by Crippen LogP contribution is 2.54. The van der Waals surface area contributed by atoms with E-state index in [1.165, 1.54) is 0 Å². The molecule has 0 spiro atoms. The Kier molecular flexibility index (Phi) is 5.16. The van der Waals surface area contributed by atoms with Gasteiger partial charge in [0.25, 0.3) is 0 Å². The van der Waals surface area contributed by atoms with E-state index in [1.54, 1.807) is 7.05 Å². The quantitative estimate of drug-likeness (QED) is 0.676. The van der Waals surface area contributed by atoms with E-state index in [1.807, 2.05) is 11.0 Å². The maximum atomic E-state index is 13.3. The fourth-order valence-corrected chi connectivity index (χ4v) is 5.00. The lowest BCUT2D eigenvalue weighted by atomic mass is 10.0. The van der Waals surface area contributed by atoms with Crippen LogP contribution in [0.25, 0.3) is 0 Å². The standard InChI is InChI=1S/C19H17F6N3OS/c1-26-16-15(30-17(29)27-16)5-11-12-7-28(8-13(11)12)6-9-2-3-10(18(20,21)22)4-14(9)19(23,24)25/h2-5,11-13H,6-8H2,1H3,(H,26,27,29)/b15-5-/t11-,12+,13-. The maximum absolute atomic E-state index is 13.3. The number of piperidine rings is 1. The number of nitrogens with one attached hydrogen (secondary N) is 1. The van der Waals surface area contributed by atoms with Gasteiger partial charge in [-0.1, -0.05) is 12.1 Å². The van der Waals surface area contributed by atoms with Crippen molar-refractivity contribution < 1.29 is 31.1 Å². The third-order valence-electron chi connectivity index (χ3n) is 5.69. The van der Waals surface area contributed by atoms with Gasteiger partial charge in [-0.2, -0.15) is 31.3 Å². The van der Waals surface area contributed by atoms with Crippen LogP contribution in [-0.2, 0) is 18.9 Å². The molecule has 1 N–H and O–H groups in total. The van der Waals surface area contributed by atoms with E-state index in [-0.39, 0.29) is 41.2 Å². The minimum Gasteiger partial charge on any atom is -0.372 e. The summed E-state index contributed by atoms with van der Waals surface area (Å²) in [6.45, 7) is 1.06. The number of alkyl halides is 6. The Labute approximate surface area is 172 Å². The van der Waals surface area contributed by atoms with Crippen molar-refractivity contribution in [1.82, 2.24) is 10.2 Å². The van der Waals surface area contributed by atoms with Crippen LogP contribution in [0.5, 0.6) is 0 Å². The molecule has 1 aromatic carbocycles. The van der Waals surface area contributed by atoms with Crippen LogP contribution in [0, 0.1) is 17.8 Å². The van der Waals surface area contributed by atoms with Gasteiger partial charge in [-0.3, -0.25) is 9.69 Å². The Balaban J connectivity index is 1.44. The molecule has 30 heavy (non-hydrogen) atoms. The number of hydrogen-bond donors (Lipinski definition) is 1. The summed E-state index contributed by atoms with van der Waals surface area (Å²) < 4.78 is 78.4. The number of rotatable bonds is 3. The third-order valence-corrected chi connectivity index (χ3v) is 6.50. The first kappa shape index (κ1) is 21.2. The van der Waals surface area contributed by atoms with Gasteiger partial charge in [0.05, 0.1) is 16.0 Å². The SMILES string of the molecule is CNC1=NC(=O)S/C1=C\[C@H]1[C@H]2CN(Cc3ccc(C(F)(F)F)cc3C(F)(F)F)C[C@@H]12. The molecule has 1 aromatic rings. The number of likely N-dealkylation sites (N-methyl/N-ethyl adjacent to an activating group) is 1. The normalized spacial score (nSPS) is 28.1. The van der Waals surface area contributed by atoms with Crippen molar-refractivity contribution in [2.45, 2.75) is 18.9 Å². The second-order valence-electron chi connectivity index (χ2n) is 7.58. The molecule has 1 amide bonds. The smallest absolute Gasteiger partial charge is 0.372 e. The van der Waals surface area contributed by atoms with Gasteiger partial charge in [-0.05, 0) is 47.2 Å². The Morgan fingerprint density at radius 1 is 1.17 bits per heavy atom. The van der Waals surface area contributed by atoms with Gasteiger partial charge in [-0.25, -0.2) is 0 Å². The number of amidine groups is 1. The van der Waals surface area contributed by atoms with E-state index in [4.69, 9.17) is 0 Å². The lowest BCUT2D eigenvalue weighted by Crippen LogP contribution is -2.26. The van der Waals surface area contributed by atoms with Crippen molar-refractivity contribution in [2.24, 2.45) is 22.7 Å². The second-order valence-corrected chi connectivity index (χ2v) is 8.57. The summed E-state index contributed by atoms with van der Waals surface area (Å²) in [7, 11) is 1.67. The summed E-state index contributed by atoms with van der Waals surface area (Å²) in [6, 6.07) is 1.80. The summed E-state index contributed by atoms with van der Waals surface area (Å²) in [4.78, 5) is 17.9. The van der Waals surface area contributed by atoms with Gasteiger partial charge < -0.3 is 5.32 Å². The molecule has 0 radical (unpaired) electrons. The minimum atomic E-state index is -4.86. The molecule has 11 heteroatoms. The lowest BCUT2D eigenvalue weighted by molar-refractivity contribution is -0.143. The first-order valence-corrected chi connectivity index (χ1v) is 9.99.